The molecule has 1 aromatic rings. The van der Waals surface area contributed by atoms with Gasteiger partial charge in [0, 0.05) is 42.6 Å². The third-order valence-corrected chi connectivity index (χ3v) is 4.50. The van der Waals surface area contributed by atoms with Crippen molar-refractivity contribution in [2.24, 2.45) is 5.92 Å². The van der Waals surface area contributed by atoms with Crippen LogP contribution >= 0.6 is 11.3 Å². The molecule has 20 heavy (non-hydrogen) atoms. The molecule has 0 fully saturated rings. The number of nitrogens with one attached hydrogen (secondary N) is 2. The van der Waals surface area contributed by atoms with Gasteiger partial charge < -0.3 is 15.7 Å². The van der Waals surface area contributed by atoms with Crippen LogP contribution in [0.15, 0.2) is 18.3 Å². The van der Waals surface area contributed by atoms with E-state index in [9.17, 15) is 4.79 Å². The van der Waals surface area contributed by atoms with Crippen molar-refractivity contribution in [2.75, 3.05) is 13.2 Å². The Morgan fingerprint density at radius 3 is 3.05 bits per heavy atom. The maximum Gasteiger partial charge on any atom is 0.315 e. The van der Waals surface area contributed by atoms with E-state index in [0.29, 0.717) is 6.54 Å². The largest absolute Gasteiger partial charge is 0.396 e. The Morgan fingerprint density at radius 2 is 2.40 bits per heavy atom. The summed E-state index contributed by atoms with van der Waals surface area (Å²) in [5.74, 6) is 0.170. The summed E-state index contributed by atoms with van der Waals surface area (Å²) in [5, 5.41) is 15.8. The number of thiazole rings is 1. The van der Waals surface area contributed by atoms with Gasteiger partial charge in [-0.15, -0.1) is 11.3 Å². The number of aliphatic hydroxyl groups is 1. The first-order valence-corrected chi connectivity index (χ1v) is 7.80. The van der Waals surface area contributed by atoms with Crippen molar-refractivity contribution in [1.29, 1.82) is 0 Å². The fraction of sp³-hybridized carbons (Fsp3) is 0.571. The summed E-state index contributed by atoms with van der Waals surface area (Å²) in [6, 6.07) is -0.135. The number of carbonyl (C=O) groups is 1. The highest BCUT2D eigenvalue weighted by atomic mass is 32.1. The standard InChI is InChI=1S/C14H21N3O2S/c1-2-12-8-16-13(20-12)5-6-15-14(19)17-11-4-3-10(7-11)9-18/h3-4,8,10-11,18H,2,5-7,9H2,1H3,(H2,15,17,19)/t10-,11+/m0/s1. The van der Waals surface area contributed by atoms with Gasteiger partial charge in [0.2, 0.25) is 0 Å². The van der Waals surface area contributed by atoms with Gasteiger partial charge in [-0.05, 0) is 12.8 Å². The summed E-state index contributed by atoms with van der Waals surface area (Å²) in [4.78, 5) is 17.3. The molecule has 6 heteroatoms. The van der Waals surface area contributed by atoms with Gasteiger partial charge in [0.15, 0.2) is 0 Å². The lowest BCUT2D eigenvalue weighted by Crippen LogP contribution is -2.41. The van der Waals surface area contributed by atoms with Gasteiger partial charge in [0.25, 0.3) is 0 Å². The average Bonchev–Trinajstić information content (AvgIpc) is 3.07. The zero-order valence-electron chi connectivity index (χ0n) is 11.6. The quantitative estimate of drug-likeness (QED) is 0.696. The first-order chi connectivity index (χ1) is 9.71. The van der Waals surface area contributed by atoms with Gasteiger partial charge in [-0.25, -0.2) is 9.78 Å². The van der Waals surface area contributed by atoms with Crippen molar-refractivity contribution in [1.82, 2.24) is 15.6 Å². The Morgan fingerprint density at radius 1 is 1.55 bits per heavy atom. The minimum atomic E-state index is -0.162. The van der Waals surface area contributed by atoms with Gasteiger partial charge in [0.1, 0.15) is 0 Å². The monoisotopic (exact) mass is 295 g/mol. The van der Waals surface area contributed by atoms with Crippen LogP contribution in [0.25, 0.3) is 0 Å². The topological polar surface area (TPSA) is 74.2 Å². The number of aromatic nitrogens is 1. The molecule has 2 atom stereocenters. The van der Waals surface area contributed by atoms with Crippen molar-refractivity contribution in [3.8, 4) is 0 Å². The van der Waals surface area contributed by atoms with Crippen LogP contribution in [-0.4, -0.2) is 35.3 Å². The van der Waals surface area contributed by atoms with E-state index in [1.54, 1.807) is 11.3 Å². The summed E-state index contributed by atoms with van der Waals surface area (Å²) in [6.45, 7) is 2.83. The molecule has 0 saturated heterocycles. The van der Waals surface area contributed by atoms with Crippen molar-refractivity contribution in [3.05, 3.63) is 28.2 Å². The van der Waals surface area contributed by atoms with E-state index in [2.05, 4.69) is 22.5 Å². The highest BCUT2D eigenvalue weighted by Gasteiger charge is 2.19. The molecule has 1 aromatic heterocycles. The Bertz CT molecular complexity index is 473. The molecular weight excluding hydrogens is 274 g/mol. The molecular formula is C14H21N3O2S. The molecule has 1 aliphatic carbocycles. The molecule has 110 valence electrons. The molecule has 2 amide bonds. The van der Waals surface area contributed by atoms with Crippen LogP contribution in [0.2, 0.25) is 0 Å². The highest BCUT2D eigenvalue weighted by molar-refractivity contribution is 7.11. The molecule has 0 aliphatic heterocycles. The van der Waals surface area contributed by atoms with E-state index in [0.717, 1.165) is 24.3 Å². The Kier molecular flexibility index (Phi) is 5.55. The second kappa shape index (κ2) is 7.40. The summed E-state index contributed by atoms with van der Waals surface area (Å²) >= 11 is 1.70. The number of rotatable bonds is 6. The van der Waals surface area contributed by atoms with Crippen LogP contribution in [-0.2, 0) is 12.8 Å². The van der Waals surface area contributed by atoms with Gasteiger partial charge in [0.05, 0.1) is 5.01 Å². The predicted molar refractivity (Wildman–Crippen MR) is 79.9 cm³/mol. The zero-order valence-corrected chi connectivity index (χ0v) is 12.4. The number of urea groups is 1. The lowest BCUT2D eigenvalue weighted by Gasteiger charge is -2.13. The molecule has 5 nitrogen and oxygen atoms in total. The van der Waals surface area contributed by atoms with Crippen LogP contribution < -0.4 is 10.6 Å². The van der Waals surface area contributed by atoms with Crippen LogP contribution in [0.5, 0.6) is 0 Å². The Hall–Kier alpha value is -1.40. The number of aliphatic hydroxyl groups excluding tert-OH is 1. The normalized spacial score (nSPS) is 21.1. The molecule has 0 saturated carbocycles. The van der Waals surface area contributed by atoms with E-state index in [1.807, 2.05) is 18.3 Å². The molecule has 0 aromatic carbocycles. The summed E-state index contributed by atoms with van der Waals surface area (Å²) in [6.07, 6.45) is 8.33. The van der Waals surface area contributed by atoms with Gasteiger partial charge in [-0.3, -0.25) is 0 Å². The molecule has 0 unspecified atom stereocenters. The Balaban J connectivity index is 1.64. The van der Waals surface area contributed by atoms with Gasteiger partial charge in [-0.1, -0.05) is 19.1 Å². The maximum absolute atomic E-state index is 11.7. The lowest BCUT2D eigenvalue weighted by atomic mass is 10.1. The number of carbonyl (C=O) groups excluding carboxylic acids is 1. The van der Waals surface area contributed by atoms with Crippen LogP contribution in [0.4, 0.5) is 4.79 Å². The van der Waals surface area contributed by atoms with Gasteiger partial charge in [-0.2, -0.15) is 0 Å². The van der Waals surface area contributed by atoms with E-state index in [1.165, 1.54) is 4.88 Å². The molecule has 3 N–H and O–H groups in total. The van der Waals surface area contributed by atoms with Crippen LogP contribution in [0.1, 0.15) is 23.2 Å². The second-order valence-electron chi connectivity index (χ2n) is 4.89. The molecule has 1 heterocycles. The third-order valence-electron chi connectivity index (χ3n) is 3.30. The van der Waals surface area contributed by atoms with Crippen LogP contribution in [0.3, 0.4) is 0 Å². The number of aryl methyl sites for hydroxylation is 1. The number of nitrogens with zero attached hydrogens (tertiary/aromatic N) is 1. The molecule has 1 aliphatic rings. The van der Waals surface area contributed by atoms with E-state index in [-0.39, 0.29) is 24.6 Å². The number of hydrogen-bond acceptors (Lipinski definition) is 4. The molecule has 0 spiro atoms. The zero-order chi connectivity index (χ0) is 14.4. The molecule has 0 bridgehead atoms. The molecule has 0 radical (unpaired) electrons. The Labute approximate surface area is 123 Å². The maximum atomic E-state index is 11.7. The predicted octanol–water partition coefficient (Wildman–Crippen LogP) is 1.48. The first kappa shape index (κ1) is 15.0. The summed E-state index contributed by atoms with van der Waals surface area (Å²) in [5.41, 5.74) is 0. The third kappa shape index (κ3) is 4.31. The first-order valence-electron chi connectivity index (χ1n) is 6.98. The lowest BCUT2D eigenvalue weighted by molar-refractivity contribution is 0.231. The molecule has 2 rings (SSSR count). The van der Waals surface area contributed by atoms with E-state index in [4.69, 9.17) is 5.11 Å². The average molecular weight is 295 g/mol. The van der Waals surface area contributed by atoms with Crippen molar-refractivity contribution in [3.63, 3.8) is 0 Å². The van der Waals surface area contributed by atoms with Crippen molar-refractivity contribution >= 4 is 17.4 Å². The number of amides is 2. The van der Waals surface area contributed by atoms with E-state index >= 15 is 0 Å². The SMILES string of the molecule is CCc1cnc(CCNC(=O)N[C@@H]2C=C[C@H](CO)C2)s1. The van der Waals surface area contributed by atoms with Crippen molar-refractivity contribution in [2.45, 2.75) is 32.2 Å². The minimum absolute atomic E-state index is 0.0266. The fourth-order valence-electron chi connectivity index (χ4n) is 2.15. The van der Waals surface area contributed by atoms with Crippen LogP contribution in [0, 0.1) is 5.92 Å². The smallest absolute Gasteiger partial charge is 0.315 e. The second-order valence-corrected chi connectivity index (χ2v) is 6.09. The number of hydrogen-bond donors (Lipinski definition) is 3. The fourth-order valence-corrected chi connectivity index (χ4v) is 3.01. The summed E-state index contributed by atoms with van der Waals surface area (Å²) < 4.78 is 0. The van der Waals surface area contributed by atoms with Gasteiger partial charge >= 0.3 is 6.03 Å². The minimum Gasteiger partial charge on any atom is -0.396 e. The van der Waals surface area contributed by atoms with E-state index < -0.39 is 0 Å². The summed E-state index contributed by atoms with van der Waals surface area (Å²) in [7, 11) is 0. The highest BCUT2D eigenvalue weighted by Crippen LogP contribution is 2.16. The van der Waals surface area contributed by atoms with Crippen molar-refractivity contribution < 1.29 is 9.90 Å².